The second kappa shape index (κ2) is 8.89. The lowest BCUT2D eigenvalue weighted by atomic mass is 9.97. The first-order valence-electron chi connectivity index (χ1n) is 9.44. The van der Waals surface area contributed by atoms with Gasteiger partial charge < -0.3 is 10.2 Å². The fourth-order valence-corrected chi connectivity index (χ4v) is 4.26. The minimum Gasteiger partial charge on any atom is -0.354 e. The molecule has 1 unspecified atom stereocenters. The average molecular weight is 391 g/mol. The number of rotatable bonds is 5. The van der Waals surface area contributed by atoms with Crippen LogP contribution in [0.5, 0.6) is 0 Å². The van der Waals surface area contributed by atoms with Crippen LogP contribution in [0.2, 0.25) is 0 Å². The van der Waals surface area contributed by atoms with E-state index in [0.29, 0.717) is 6.54 Å². The van der Waals surface area contributed by atoms with Crippen molar-refractivity contribution in [3.8, 4) is 0 Å². The number of amides is 1. The number of nitrogens with one attached hydrogen (secondary N) is 1. The van der Waals surface area contributed by atoms with Crippen LogP contribution in [-0.2, 0) is 4.79 Å². The molecule has 6 heteroatoms. The van der Waals surface area contributed by atoms with Gasteiger partial charge in [-0.2, -0.15) is 0 Å². The van der Waals surface area contributed by atoms with Crippen LogP contribution in [0.15, 0.2) is 83.0 Å². The average Bonchev–Trinajstić information content (AvgIpc) is 2.76. The standard InChI is InChI=1S/C22H22N4OS/c27-21(25-18-9-3-1-4-10-18)17-8-7-15-26(16-17)20-22(24-14-13-23-20)28-19-11-5-2-6-12-19/h1-6,9-14,17H,7-8,15-16H2,(H,25,27). The fraction of sp³-hybridized carbons (Fsp3) is 0.227. The maximum atomic E-state index is 12.7. The van der Waals surface area contributed by atoms with Crippen LogP contribution in [0, 0.1) is 5.92 Å². The zero-order chi connectivity index (χ0) is 19.2. The molecule has 0 saturated carbocycles. The van der Waals surface area contributed by atoms with Crippen molar-refractivity contribution in [1.82, 2.24) is 9.97 Å². The Morgan fingerprint density at radius 3 is 2.50 bits per heavy atom. The second-order valence-corrected chi connectivity index (χ2v) is 7.80. The largest absolute Gasteiger partial charge is 0.354 e. The van der Waals surface area contributed by atoms with Crippen molar-refractivity contribution in [3.05, 3.63) is 73.1 Å². The number of para-hydroxylation sites is 1. The molecule has 2 heterocycles. The summed E-state index contributed by atoms with van der Waals surface area (Å²) in [6.45, 7) is 1.54. The lowest BCUT2D eigenvalue weighted by Gasteiger charge is -2.33. The van der Waals surface area contributed by atoms with Gasteiger partial charge in [-0.1, -0.05) is 48.2 Å². The van der Waals surface area contributed by atoms with Crippen LogP contribution in [0.4, 0.5) is 11.5 Å². The topological polar surface area (TPSA) is 58.1 Å². The Bertz CT molecular complexity index is 920. The van der Waals surface area contributed by atoms with Crippen molar-refractivity contribution >= 4 is 29.2 Å². The molecule has 0 bridgehead atoms. The number of benzene rings is 2. The summed E-state index contributed by atoms with van der Waals surface area (Å²) in [5.74, 6) is 0.858. The summed E-state index contributed by atoms with van der Waals surface area (Å²) in [7, 11) is 0. The van der Waals surface area contributed by atoms with Gasteiger partial charge >= 0.3 is 0 Å². The van der Waals surface area contributed by atoms with E-state index >= 15 is 0 Å². The van der Waals surface area contributed by atoms with E-state index in [2.05, 4.69) is 32.3 Å². The van der Waals surface area contributed by atoms with Crippen molar-refractivity contribution in [2.45, 2.75) is 22.8 Å². The van der Waals surface area contributed by atoms with Crippen LogP contribution in [-0.4, -0.2) is 29.0 Å². The summed E-state index contributed by atoms with van der Waals surface area (Å²) in [5.41, 5.74) is 0.837. The summed E-state index contributed by atoms with van der Waals surface area (Å²) >= 11 is 1.60. The molecule has 0 radical (unpaired) electrons. The maximum absolute atomic E-state index is 12.7. The third-order valence-corrected chi connectivity index (χ3v) is 5.73. The molecule has 1 aromatic heterocycles. The van der Waals surface area contributed by atoms with Gasteiger partial charge in [0.25, 0.3) is 0 Å². The molecule has 1 N–H and O–H groups in total. The molecular formula is C22H22N4OS. The predicted molar refractivity (Wildman–Crippen MR) is 113 cm³/mol. The zero-order valence-electron chi connectivity index (χ0n) is 15.5. The molecule has 1 fully saturated rings. The fourth-order valence-electron chi connectivity index (χ4n) is 3.36. The molecule has 28 heavy (non-hydrogen) atoms. The molecule has 1 saturated heterocycles. The number of nitrogens with zero attached hydrogens (tertiary/aromatic N) is 3. The van der Waals surface area contributed by atoms with Crippen molar-refractivity contribution < 1.29 is 4.79 Å². The van der Waals surface area contributed by atoms with Crippen LogP contribution >= 0.6 is 11.8 Å². The third kappa shape index (κ3) is 4.51. The summed E-state index contributed by atoms with van der Waals surface area (Å²) in [6.07, 6.45) is 5.28. The molecule has 5 nitrogen and oxygen atoms in total. The van der Waals surface area contributed by atoms with Gasteiger partial charge in [-0.25, -0.2) is 9.97 Å². The monoisotopic (exact) mass is 390 g/mol. The lowest BCUT2D eigenvalue weighted by molar-refractivity contribution is -0.120. The highest BCUT2D eigenvalue weighted by Gasteiger charge is 2.28. The van der Waals surface area contributed by atoms with E-state index in [1.165, 1.54) is 0 Å². The molecule has 1 aliphatic heterocycles. The molecule has 0 aliphatic carbocycles. The highest BCUT2D eigenvalue weighted by Crippen LogP contribution is 2.34. The van der Waals surface area contributed by atoms with E-state index in [1.54, 1.807) is 24.2 Å². The van der Waals surface area contributed by atoms with Gasteiger partial charge in [0.1, 0.15) is 5.03 Å². The number of hydrogen-bond donors (Lipinski definition) is 1. The number of anilines is 2. The first-order valence-corrected chi connectivity index (χ1v) is 10.3. The minimum atomic E-state index is -0.0643. The smallest absolute Gasteiger partial charge is 0.229 e. The van der Waals surface area contributed by atoms with Gasteiger partial charge in [-0.05, 0) is 37.1 Å². The molecule has 1 atom stereocenters. The van der Waals surface area contributed by atoms with E-state index in [9.17, 15) is 4.79 Å². The highest BCUT2D eigenvalue weighted by atomic mass is 32.2. The summed E-state index contributed by atoms with van der Waals surface area (Å²) in [4.78, 5) is 25.2. The molecular weight excluding hydrogens is 368 g/mol. The Kier molecular flexibility index (Phi) is 5.87. The zero-order valence-corrected chi connectivity index (χ0v) is 16.3. The van der Waals surface area contributed by atoms with Crippen molar-refractivity contribution in [1.29, 1.82) is 0 Å². The summed E-state index contributed by atoms with van der Waals surface area (Å²) in [6, 6.07) is 19.8. The van der Waals surface area contributed by atoms with Gasteiger partial charge in [0, 0.05) is 36.1 Å². The number of piperidine rings is 1. The summed E-state index contributed by atoms with van der Waals surface area (Å²) in [5, 5.41) is 3.90. The van der Waals surface area contributed by atoms with E-state index < -0.39 is 0 Å². The van der Waals surface area contributed by atoms with Crippen LogP contribution in [0.3, 0.4) is 0 Å². The Morgan fingerprint density at radius 1 is 1.00 bits per heavy atom. The first kappa shape index (κ1) is 18.5. The van der Waals surface area contributed by atoms with Crippen LogP contribution < -0.4 is 10.2 Å². The number of hydrogen-bond acceptors (Lipinski definition) is 5. The summed E-state index contributed by atoms with van der Waals surface area (Å²) < 4.78 is 0. The molecule has 4 rings (SSSR count). The molecule has 0 spiro atoms. The van der Waals surface area contributed by atoms with E-state index in [-0.39, 0.29) is 11.8 Å². The lowest BCUT2D eigenvalue weighted by Crippen LogP contribution is -2.41. The highest BCUT2D eigenvalue weighted by molar-refractivity contribution is 7.99. The quantitative estimate of drug-likeness (QED) is 0.696. The van der Waals surface area contributed by atoms with E-state index in [1.807, 2.05) is 48.5 Å². The van der Waals surface area contributed by atoms with Crippen molar-refractivity contribution in [2.24, 2.45) is 5.92 Å². The van der Waals surface area contributed by atoms with Crippen molar-refractivity contribution in [3.63, 3.8) is 0 Å². The molecule has 1 aliphatic rings. The minimum absolute atomic E-state index is 0.0643. The third-order valence-electron chi connectivity index (χ3n) is 4.74. The van der Waals surface area contributed by atoms with Gasteiger partial charge in [0.05, 0.1) is 5.92 Å². The molecule has 142 valence electrons. The first-order chi connectivity index (χ1) is 13.8. The predicted octanol–water partition coefficient (Wildman–Crippen LogP) is 4.48. The Labute approximate surface area is 169 Å². The Morgan fingerprint density at radius 2 is 1.71 bits per heavy atom. The Balaban J connectivity index is 1.48. The number of carbonyl (C=O) groups excluding carboxylic acids is 1. The number of aromatic nitrogens is 2. The van der Waals surface area contributed by atoms with Gasteiger partial charge in [-0.15, -0.1) is 0 Å². The second-order valence-electron chi connectivity index (χ2n) is 6.74. The SMILES string of the molecule is O=C(Nc1ccccc1)C1CCCN(c2nccnc2Sc2ccccc2)C1. The van der Waals surface area contributed by atoms with Crippen molar-refractivity contribution in [2.75, 3.05) is 23.3 Å². The Hall–Kier alpha value is -2.86. The molecule has 2 aromatic carbocycles. The van der Waals surface area contributed by atoms with Gasteiger partial charge in [-0.3, -0.25) is 4.79 Å². The molecule has 3 aromatic rings. The normalized spacial score (nSPS) is 16.6. The van der Waals surface area contributed by atoms with Crippen LogP contribution in [0.25, 0.3) is 0 Å². The maximum Gasteiger partial charge on any atom is 0.229 e. The van der Waals surface area contributed by atoms with Gasteiger partial charge in [0.15, 0.2) is 5.82 Å². The van der Waals surface area contributed by atoms with Gasteiger partial charge in [0.2, 0.25) is 5.91 Å². The number of carbonyl (C=O) groups is 1. The van der Waals surface area contributed by atoms with E-state index in [0.717, 1.165) is 40.8 Å². The van der Waals surface area contributed by atoms with Crippen LogP contribution in [0.1, 0.15) is 12.8 Å². The van der Waals surface area contributed by atoms with E-state index in [4.69, 9.17) is 0 Å². The molecule has 1 amide bonds.